The molecule has 1 aromatic rings. The normalized spacial score (nSPS) is 21.6. The van der Waals surface area contributed by atoms with Crippen LogP contribution in [0.3, 0.4) is 0 Å². The van der Waals surface area contributed by atoms with E-state index in [9.17, 15) is 0 Å². The van der Waals surface area contributed by atoms with Crippen LogP contribution in [0, 0.1) is 19.8 Å². The van der Waals surface area contributed by atoms with Gasteiger partial charge in [0.2, 0.25) is 0 Å². The molecule has 2 aliphatic heterocycles. The van der Waals surface area contributed by atoms with Crippen LogP contribution in [0.15, 0.2) is 52.2 Å². The number of unbranched alkanes of at least 4 members (excludes halogenated alkanes) is 1. The van der Waals surface area contributed by atoms with Crippen LogP contribution in [0.25, 0.3) is 5.70 Å². The van der Waals surface area contributed by atoms with Crippen molar-refractivity contribution in [1.29, 1.82) is 0 Å². The smallest absolute Gasteiger partial charge is 0.138 e. The molecule has 1 aromatic heterocycles. The molecule has 0 amide bonds. The molecule has 37 heavy (non-hydrogen) atoms. The van der Waals surface area contributed by atoms with Crippen LogP contribution in [-0.4, -0.2) is 59.7 Å². The lowest BCUT2D eigenvalue weighted by Gasteiger charge is -2.35. The van der Waals surface area contributed by atoms with E-state index in [1.54, 1.807) is 0 Å². The minimum atomic E-state index is 0.491. The van der Waals surface area contributed by atoms with Crippen LogP contribution in [0.5, 0.6) is 0 Å². The van der Waals surface area contributed by atoms with Crippen LogP contribution in [0.4, 0.5) is 0 Å². The molecule has 4 rings (SSSR count). The number of aliphatic imine (C=N–C) groups is 2. The standard InChI is InChI=1S/C31H46N6/c1-6-7-15-33-22-34-31-29(20-32-5)30(21-37(31)28-11-9-8-10-12-28)26-13-16-36(17-14-26)25(4)27-18-23(2)35-24(3)19-27/h18-21,26,28,33H,4-17,22H2,1-3H3/b29-20-,34-31+. The summed E-state index contributed by atoms with van der Waals surface area (Å²) in [5, 5.41) is 3.50. The molecule has 1 N–H and O–H groups in total. The first kappa shape index (κ1) is 27.3. The van der Waals surface area contributed by atoms with Gasteiger partial charge >= 0.3 is 0 Å². The fourth-order valence-electron chi connectivity index (χ4n) is 6.06. The van der Waals surface area contributed by atoms with Gasteiger partial charge in [-0.1, -0.05) is 39.2 Å². The molecule has 0 aromatic carbocycles. The molecule has 3 heterocycles. The van der Waals surface area contributed by atoms with Gasteiger partial charge in [0.1, 0.15) is 5.84 Å². The topological polar surface area (TPSA) is 56.1 Å². The molecule has 2 fully saturated rings. The monoisotopic (exact) mass is 502 g/mol. The summed E-state index contributed by atoms with van der Waals surface area (Å²) < 4.78 is 0. The molecule has 0 radical (unpaired) electrons. The summed E-state index contributed by atoms with van der Waals surface area (Å²) >= 11 is 0. The van der Waals surface area contributed by atoms with E-state index in [0.29, 0.717) is 18.6 Å². The number of hydrogen-bond donors (Lipinski definition) is 1. The van der Waals surface area contributed by atoms with Crippen molar-refractivity contribution < 1.29 is 0 Å². The average molecular weight is 503 g/mol. The third kappa shape index (κ3) is 6.78. The Balaban J connectivity index is 1.50. The number of nitrogens with one attached hydrogen (secondary N) is 1. The highest BCUT2D eigenvalue weighted by atomic mass is 15.2. The van der Waals surface area contributed by atoms with Crippen LogP contribution < -0.4 is 5.32 Å². The fourth-order valence-corrected chi connectivity index (χ4v) is 6.06. The lowest BCUT2D eigenvalue weighted by atomic mass is 9.86. The summed E-state index contributed by atoms with van der Waals surface area (Å²) in [7, 11) is 0. The summed E-state index contributed by atoms with van der Waals surface area (Å²) in [6.45, 7) is 18.3. The van der Waals surface area contributed by atoms with Gasteiger partial charge < -0.3 is 9.80 Å². The zero-order chi connectivity index (χ0) is 26.2. The van der Waals surface area contributed by atoms with Gasteiger partial charge in [0, 0.05) is 59.8 Å². The molecule has 6 nitrogen and oxygen atoms in total. The predicted octanol–water partition coefficient (Wildman–Crippen LogP) is 6.24. The molecular weight excluding hydrogens is 456 g/mol. The van der Waals surface area contributed by atoms with Crippen LogP contribution in [0.1, 0.15) is 81.7 Å². The van der Waals surface area contributed by atoms with Crippen molar-refractivity contribution in [3.05, 3.63) is 59.2 Å². The fraction of sp³-hybridized carbons (Fsp3) is 0.581. The Hall–Kier alpha value is -2.73. The van der Waals surface area contributed by atoms with Gasteiger partial charge in [-0.25, -0.2) is 0 Å². The second-order valence-corrected chi connectivity index (χ2v) is 10.8. The van der Waals surface area contributed by atoms with Crippen LogP contribution >= 0.6 is 0 Å². The molecule has 1 saturated heterocycles. The molecule has 1 aliphatic carbocycles. The summed E-state index contributed by atoms with van der Waals surface area (Å²) in [4.78, 5) is 18.8. The quantitative estimate of drug-likeness (QED) is 0.304. The Kier molecular flexibility index (Phi) is 9.73. The average Bonchev–Trinajstić information content (AvgIpc) is 3.26. The highest BCUT2D eigenvalue weighted by molar-refractivity contribution is 6.06. The van der Waals surface area contributed by atoms with Crippen LogP contribution in [-0.2, 0) is 0 Å². The Morgan fingerprint density at radius 1 is 1.11 bits per heavy atom. The first-order valence-electron chi connectivity index (χ1n) is 14.3. The maximum absolute atomic E-state index is 5.09. The summed E-state index contributed by atoms with van der Waals surface area (Å²) in [5.74, 6) is 1.58. The predicted molar refractivity (Wildman–Crippen MR) is 157 cm³/mol. The van der Waals surface area contributed by atoms with Gasteiger partial charge in [-0.15, -0.1) is 0 Å². The van der Waals surface area contributed by atoms with Crippen molar-refractivity contribution in [3.63, 3.8) is 0 Å². The van der Waals surface area contributed by atoms with Gasteiger partial charge in [0.25, 0.3) is 0 Å². The molecule has 1 saturated carbocycles. The van der Waals surface area contributed by atoms with Crippen molar-refractivity contribution in [3.8, 4) is 0 Å². The number of aromatic nitrogens is 1. The molecular formula is C31H46N6. The van der Waals surface area contributed by atoms with E-state index < -0.39 is 0 Å². The zero-order valence-corrected chi connectivity index (χ0v) is 23.3. The number of nitrogens with zero attached hydrogens (tertiary/aromatic N) is 5. The van der Waals surface area contributed by atoms with Gasteiger partial charge in [0.15, 0.2) is 0 Å². The largest absolute Gasteiger partial charge is 0.371 e. The Morgan fingerprint density at radius 2 is 1.81 bits per heavy atom. The van der Waals surface area contributed by atoms with E-state index in [1.165, 1.54) is 61.7 Å². The maximum Gasteiger partial charge on any atom is 0.138 e. The van der Waals surface area contributed by atoms with E-state index in [-0.39, 0.29) is 0 Å². The van der Waals surface area contributed by atoms with Crippen molar-refractivity contribution in [2.75, 3.05) is 26.3 Å². The van der Waals surface area contributed by atoms with Gasteiger partial charge in [-0.3, -0.25) is 20.3 Å². The first-order valence-corrected chi connectivity index (χ1v) is 14.3. The highest BCUT2D eigenvalue weighted by Crippen LogP contribution is 2.39. The Bertz CT molecular complexity index is 1020. The SMILES string of the molecule is C=N/C=C1/C(C2CCN(C(=C)c3cc(C)nc(C)c3)CC2)=CN(C2CCCCC2)/C1=N/CNCCCC. The number of piperidine rings is 1. The number of likely N-dealkylation sites (tertiary alicyclic amines) is 1. The number of aryl methyl sites for hydroxylation is 2. The molecule has 0 bridgehead atoms. The highest BCUT2D eigenvalue weighted by Gasteiger charge is 2.36. The van der Waals surface area contributed by atoms with E-state index in [1.807, 2.05) is 6.20 Å². The van der Waals surface area contributed by atoms with Gasteiger partial charge in [0.05, 0.1) is 6.67 Å². The van der Waals surface area contributed by atoms with Crippen molar-refractivity contribution >= 4 is 18.3 Å². The van der Waals surface area contributed by atoms with E-state index in [0.717, 1.165) is 55.4 Å². The van der Waals surface area contributed by atoms with Crippen molar-refractivity contribution in [2.24, 2.45) is 15.9 Å². The number of hydrogen-bond acceptors (Lipinski definition) is 5. The van der Waals surface area contributed by atoms with E-state index in [4.69, 9.17) is 4.99 Å². The lowest BCUT2D eigenvalue weighted by molar-refractivity contribution is 0.276. The molecule has 0 unspecified atom stereocenters. The lowest BCUT2D eigenvalue weighted by Crippen LogP contribution is -2.36. The third-order valence-electron chi connectivity index (χ3n) is 8.04. The Morgan fingerprint density at radius 3 is 2.46 bits per heavy atom. The summed E-state index contributed by atoms with van der Waals surface area (Å²) in [6, 6.07) is 4.83. The van der Waals surface area contributed by atoms with Crippen molar-refractivity contribution in [2.45, 2.75) is 84.6 Å². The minimum Gasteiger partial charge on any atom is -0.371 e. The van der Waals surface area contributed by atoms with Gasteiger partial charge in [-0.2, -0.15) is 0 Å². The summed E-state index contributed by atoms with van der Waals surface area (Å²) in [6.07, 6.45) is 15.4. The zero-order valence-electron chi connectivity index (χ0n) is 23.3. The minimum absolute atomic E-state index is 0.491. The second kappa shape index (κ2) is 13.2. The number of pyridine rings is 1. The molecule has 0 spiro atoms. The summed E-state index contributed by atoms with van der Waals surface area (Å²) in [5.41, 5.74) is 6.97. The van der Waals surface area contributed by atoms with E-state index in [2.05, 4.69) is 77.5 Å². The number of amidine groups is 1. The molecule has 200 valence electrons. The Labute approximate surface area is 224 Å². The van der Waals surface area contributed by atoms with Crippen LogP contribution in [0.2, 0.25) is 0 Å². The number of rotatable bonds is 10. The molecule has 3 aliphatic rings. The second-order valence-electron chi connectivity index (χ2n) is 10.8. The molecule has 6 heteroatoms. The molecule has 0 atom stereocenters. The van der Waals surface area contributed by atoms with E-state index >= 15 is 0 Å². The van der Waals surface area contributed by atoms with Gasteiger partial charge in [-0.05, 0) is 82.8 Å². The van der Waals surface area contributed by atoms with Crippen molar-refractivity contribution in [1.82, 2.24) is 20.1 Å². The first-order chi connectivity index (χ1) is 18.0. The third-order valence-corrected chi connectivity index (χ3v) is 8.04. The maximum atomic E-state index is 5.09.